The van der Waals surface area contributed by atoms with Crippen molar-refractivity contribution in [2.75, 3.05) is 24.6 Å². The van der Waals surface area contributed by atoms with Gasteiger partial charge in [-0.05, 0) is 0 Å². The molecule has 5 rings (SSSR count). The average molecular weight is 839 g/mol. The zero-order valence-corrected chi connectivity index (χ0v) is 33.9. The third-order valence-electron chi connectivity index (χ3n) is 9.25. The molecule has 0 aliphatic carbocycles. The molecule has 1 saturated heterocycles. The molecule has 0 amide bonds. The number of fused-ring (bicyclic) bond motifs is 2. The van der Waals surface area contributed by atoms with Gasteiger partial charge < -0.3 is 0 Å². The molecule has 1 fully saturated rings. The van der Waals surface area contributed by atoms with Crippen molar-refractivity contribution in [2.24, 2.45) is 0 Å². The topological polar surface area (TPSA) is 170 Å². The number of benzene rings is 3. The third kappa shape index (κ3) is 9.58. The number of nitrogens with zero attached hydrogens (tertiary/aromatic N) is 1. The molecule has 0 saturated carbocycles. The molecule has 15 heteroatoms. The number of ether oxygens (including phenoxy) is 7. The third-order valence-corrected chi connectivity index (χ3v) is 11.8. The Hall–Kier alpha value is -5.24. The van der Waals surface area contributed by atoms with Crippen LogP contribution in [0.2, 0.25) is 0 Å². The Morgan fingerprint density at radius 2 is 1.36 bits per heavy atom. The predicted octanol–water partition coefficient (Wildman–Crippen LogP) is 3.02. The summed E-state index contributed by atoms with van der Waals surface area (Å²) in [5, 5.41) is 0. The molecular formula is C41H45NO13Se. The molecular weight excluding hydrogens is 793 g/mol. The van der Waals surface area contributed by atoms with Crippen LogP contribution in [0.3, 0.4) is 0 Å². The quantitative estimate of drug-likeness (QED) is 0.0786. The van der Waals surface area contributed by atoms with Crippen molar-refractivity contribution in [1.82, 2.24) is 0 Å². The second-order valence-corrected chi connectivity index (χ2v) is 15.3. The summed E-state index contributed by atoms with van der Waals surface area (Å²) in [4.78, 5) is 76.3. The first-order valence-corrected chi connectivity index (χ1v) is 19.8. The molecule has 14 nitrogen and oxygen atoms in total. The predicted molar refractivity (Wildman–Crippen MR) is 202 cm³/mol. The van der Waals surface area contributed by atoms with Gasteiger partial charge in [0.2, 0.25) is 0 Å². The molecule has 3 aromatic rings. The fourth-order valence-corrected chi connectivity index (χ4v) is 9.59. The summed E-state index contributed by atoms with van der Waals surface area (Å²) < 4.78 is 41.7. The first-order chi connectivity index (χ1) is 26.8. The van der Waals surface area contributed by atoms with Crippen molar-refractivity contribution in [2.45, 2.75) is 91.7 Å². The molecule has 6 atom stereocenters. The van der Waals surface area contributed by atoms with Crippen molar-refractivity contribution in [3.8, 4) is 5.75 Å². The summed E-state index contributed by atoms with van der Waals surface area (Å²) in [6.07, 6.45) is -6.40. The number of rotatable bonds is 14. The minimum atomic E-state index is -1.54. The van der Waals surface area contributed by atoms with Crippen LogP contribution in [-0.4, -0.2) is 101 Å². The summed E-state index contributed by atoms with van der Waals surface area (Å²) >= 11 is -0.425. The van der Waals surface area contributed by atoms with Crippen LogP contribution in [0.15, 0.2) is 54.6 Å². The van der Waals surface area contributed by atoms with E-state index in [9.17, 15) is 28.8 Å². The van der Waals surface area contributed by atoms with Crippen molar-refractivity contribution < 1.29 is 61.9 Å². The van der Waals surface area contributed by atoms with E-state index in [2.05, 4.69) is 36.9 Å². The molecule has 0 bridgehead atoms. The van der Waals surface area contributed by atoms with Crippen molar-refractivity contribution in [3.05, 3.63) is 82.4 Å². The summed E-state index contributed by atoms with van der Waals surface area (Å²) in [6.45, 7) is 11.3. The zero-order valence-electron chi connectivity index (χ0n) is 32.2. The minimum absolute atomic E-state index is 0.0555. The first kappa shape index (κ1) is 41.9. The zero-order chi connectivity index (χ0) is 40.7. The summed E-state index contributed by atoms with van der Waals surface area (Å²) in [6, 6.07) is 17.5. The molecule has 2 aliphatic heterocycles. The summed E-state index contributed by atoms with van der Waals surface area (Å²) in [5.41, 5.74) is 4.85. The van der Waals surface area contributed by atoms with Gasteiger partial charge in [-0.3, -0.25) is 0 Å². The van der Waals surface area contributed by atoms with Crippen LogP contribution in [0.5, 0.6) is 5.75 Å². The molecule has 0 radical (unpaired) electrons. The number of hydrogen-bond acceptors (Lipinski definition) is 14. The van der Waals surface area contributed by atoms with Crippen LogP contribution in [0.25, 0.3) is 0 Å². The van der Waals surface area contributed by atoms with Crippen LogP contribution in [-0.2, 0) is 59.0 Å². The number of esters is 5. The van der Waals surface area contributed by atoms with E-state index >= 15 is 0 Å². The molecule has 2 heterocycles. The Bertz CT molecular complexity index is 1980. The van der Waals surface area contributed by atoms with E-state index in [0.717, 1.165) is 70.7 Å². The number of carbonyl (C=O) groups is 6. The van der Waals surface area contributed by atoms with Gasteiger partial charge in [-0.15, -0.1) is 0 Å². The fourth-order valence-electron chi connectivity index (χ4n) is 6.94. The number of hydrogen-bond donors (Lipinski definition) is 0. The van der Waals surface area contributed by atoms with E-state index in [-0.39, 0.29) is 23.8 Å². The number of anilines is 1. The fraction of sp³-hybridized carbons (Fsp3) is 0.415. The SMILES string of the molecule is CCN(CC)c1ccc2c(c1)[Se]c1c(ccc(OC3O[C@H](COC(C)=O)[C@H](OC(C)=O)[C@H](OC(C)=O)[C@H]3OC(C)=O)c1C=O)C2c1ccccc1COC(C)=O. The van der Waals surface area contributed by atoms with Gasteiger partial charge in [0.25, 0.3) is 0 Å². The average Bonchev–Trinajstić information content (AvgIpc) is 3.14. The molecule has 0 aromatic heterocycles. The summed E-state index contributed by atoms with van der Waals surface area (Å²) in [7, 11) is 0. The normalized spacial score (nSPS) is 21.0. The van der Waals surface area contributed by atoms with Crippen LogP contribution in [0.4, 0.5) is 5.69 Å². The first-order valence-electron chi connectivity index (χ1n) is 18.1. The van der Waals surface area contributed by atoms with Gasteiger partial charge in [0.15, 0.2) is 0 Å². The van der Waals surface area contributed by atoms with Crippen molar-refractivity contribution in [1.29, 1.82) is 0 Å². The van der Waals surface area contributed by atoms with Crippen LogP contribution >= 0.6 is 0 Å². The maximum absolute atomic E-state index is 13.2. The Morgan fingerprint density at radius 1 is 0.732 bits per heavy atom. The number of aldehydes is 1. The maximum atomic E-state index is 13.2. The Kier molecular flexibility index (Phi) is 13.9. The van der Waals surface area contributed by atoms with Crippen LogP contribution in [0, 0.1) is 0 Å². The molecule has 2 unspecified atom stereocenters. The second-order valence-electron chi connectivity index (χ2n) is 13.1. The Balaban J connectivity index is 1.65. The second kappa shape index (κ2) is 18.6. The van der Waals surface area contributed by atoms with Crippen LogP contribution in [0.1, 0.15) is 87.0 Å². The van der Waals surface area contributed by atoms with E-state index in [1.54, 1.807) is 6.07 Å². The van der Waals surface area contributed by atoms with Gasteiger partial charge in [0.05, 0.1) is 0 Å². The van der Waals surface area contributed by atoms with E-state index in [1.165, 1.54) is 13.8 Å². The Labute approximate surface area is 331 Å². The molecule has 2 aliphatic rings. The van der Waals surface area contributed by atoms with Gasteiger partial charge in [-0.1, -0.05) is 0 Å². The van der Waals surface area contributed by atoms with Gasteiger partial charge in [-0.2, -0.15) is 0 Å². The molecule has 298 valence electrons. The Morgan fingerprint density at radius 3 is 1.98 bits per heavy atom. The van der Waals surface area contributed by atoms with Crippen molar-refractivity contribution in [3.63, 3.8) is 0 Å². The molecule has 0 spiro atoms. The summed E-state index contributed by atoms with van der Waals surface area (Å²) in [5.74, 6) is -3.69. The van der Waals surface area contributed by atoms with Gasteiger partial charge in [-0.25, -0.2) is 0 Å². The van der Waals surface area contributed by atoms with Gasteiger partial charge in [0, 0.05) is 0 Å². The van der Waals surface area contributed by atoms with Gasteiger partial charge in [0.1, 0.15) is 0 Å². The number of carbonyl (C=O) groups excluding carboxylic acids is 6. The van der Waals surface area contributed by atoms with E-state index in [0.29, 0.717) is 6.29 Å². The molecule has 56 heavy (non-hydrogen) atoms. The standard InChI is InChI=1S/C41H45NO13Se/c1-8-42(9-2)28-14-15-30-35(18-28)56-40-31(36(30)29-13-11-10-12-27(29)20-49-22(3)44)16-17-33(32(40)19-43)54-41-39(53-26(7)48)38(52-25(6)47)37(51-24(5)46)34(55-41)21-50-23(4)45/h10-19,34,36-39,41H,8-9,20-21H2,1-7H3/t34-,36?,37+,38+,39-,41?/m1/s1. The van der Waals surface area contributed by atoms with Crippen molar-refractivity contribution >= 4 is 65.7 Å². The van der Waals surface area contributed by atoms with E-state index in [4.69, 9.17) is 33.2 Å². The van der Waals surface area contributed by atoms with E-state index in [1.807, 2.05) is 30.3 Å². The van der Waals surface area contributed by atoms with E-state index < -0.39 is 82.1 Å². The molecule has 3 aromatic carbocycles. The molecule has 0 N–H and O–H groups in total. The monoisotopic (exact) mass is 839 g/mol. The van der Waals surface area contributed by atoms with Gasteiger partial charge >= 0.3 is 332 Å². The van der Waals surface area contributed by atoms with Crippen LogP contribution < -0.4 is 18.6 Å².